The van der Waals surface area contributed by atoms with Gasteiger partial charge in [-0.1, -0.05) is 44.0 Å². The van der Waals surface area contributed by atoms with Gasteiger partial charge in [-0.3, -0.25) is 9.59 Å². The molecule has 4 heteroatoms. The van der Waals surface area contributed by atoms with Crippen LogP contribution in [0.15, 0.2) is 35.7 Å². The van der Waals surface area contributed by atoms with E-state index in [2.05, 4.69) is 17.6 Å². The maximum Gasteiger partial charge on any atom is 0.211 e. The molecule has 1 aromatic carbocycles. The number of rotatable bonds is 7. The van der Waals surface area contributed by atoms with E-state index in [4.69, 9.17) is 0 Å². The Morgan fingerprint density at radius 3 is 2.09 bits per heavy atom. The molecule has 1 aromatic rings. The number of Topliss-reactive ketones (excluding diaryl/α,β-unsaturated/α-hetero) is 2. The number of ketones is 2. The van der Waals surface area contributed by atoms with Gasteiger partial charge in [-0.2, -0.15) is 0 Å². The van der Waals surface area contributed by atoms with Gasteiger partial charge in [0.05, 0.1) is 0 Å². The maximum absolute atomic E-state index is 12.7. The molecule has 0 saturated heterocycles. The highest BCUT2D eigenvalue weighted by Gasteiger charge is 2.32. The molecule has 22 heavy (non-hydrogen) atoms. The monoisotopic (exact) mass is 300 g/mol. The molecule has 0 atom stereocenters. The molecule has 4 nitrogen and oxygen atoms in total. The number of nitrogens with one attached hydrogen (secondary N) is 2. The van der Waals surface area contributed by atoms with Gasteiger partial charge >= 0.3 is 0 Å². The first kappa shape index (κ1) is 16.3. The first-order chi connectivity index (χ1) is 10.6. The van der Waals surface area contributed by atoms with Crippen LogP contribution in [0.3, 0.4) is 0 Å². The normalized spacial score (nSPS) is 14.4. The fraction of sp³-hybridized carbons (Fsp3) is 0.444. The van der Waals surface area contributed by atoms with Crippen molar-refractivity contribution in [2.24, 2.45) is 0 Å². The predicted octanol–water partition coefficient (Wildman–Crippen LogP) is 3.06. The van der Waals surface area contributed by atoms with Crippen LogP contribution in [0.1, 0.15) is 60.7 Å². The summed E-state index contributed by atoms with van der Waals surface area (Å²) in [5.74, 6) is -0.211. The average molecular weight is 300 g/mol. The topological polar surface area (TPSA) is 58.2 Å². The second-order valence-electron chi connectivity index (χ2n) is 5.89. The number of allylic oxidation sites excluding steroid dienone is 2. The summed E-state index contributed by atoms with van der Waals surface area (Å²) in [7, 11) is 0. The Hall–Kier alpha value is -2.10. The Morgan fingerprint density at radius 2 is 1.55 bits per heavy atom. The van der Waals surface area contributed by atoms with Crippen molar-refractivity contribution in [1.29, 1.82) is 0 Å². The van der Waals surface area contributed by atoms with Crippen LogP contribution < -0.4 is 10.6 Å². The summed E-state index contributed by atoms with van der Waals surface area (Å²) in [5.41, 5.74) is 1.78. The van der Waals surface area contributed by atoms with Gasteiger partial charge in [0, 0.05) is 23.7 Å². The first-order valence-corrected chi connectivity index (χ1v) is 7.99. The van der Waals surface area contributed by atoms with Gasteiger partial charge in [-0.05, 0) is 20.3 Å². The molecule has 0 aliphatic heterocycles. The summed E-state index contributed by atoms with van der Waals surface area (Å²) < 4.78 is 0. The lowest BCUT2D eigenvalue weighted by Crippen LogP contribution is -2.38. The summed E-state index contributed by atoms with van der Waals surface area (Å²) in [6, 6.07) is 7.10. The molecular formula is C18H24N2O2. The molecule has 2 rings (SSSR count). The van der Waals surface area contributed by atoms with E-state index < -0.39 is 0 Å². The Bertz CT molecular complexity index is 603. The highest BCUT2D eigenvalue weighted by Crippen LogP contribution is 2.24. The number of unbranched alkanes of at least 4 members (excludes halogenated alkanes) is 2. The molecule has 0 unspecified atom stereocenters. The zero-order chi connectivity index (χ0) is 16.1. The van der Waals surface area contributed by atoms with Gasteiger partial charge in [0.25, 0.3) is 0 Å². The van der Waals surface area contributed by atoms with Gasteiger partial charge in [0.2, 0.25) is 11.6 Å². The van der Waals surface area contributed by atoms with Crippen molar-refractivity contribution >= 4 is 11.6 Å². The molecule has 0 saturated carbocycles. The summed E-state index contributed by atoms with van der Waals surface area (Å²) in [5, 5.41) is 6.32. The van der Waals surface area contributed by atoms with E-state index >= 15 is 0 Å². The predicted molar refractivity (Wildman–Crippen MR) is 87.9 cm³/mol. The lowest BCUT2D eigenvalue weighted by molar-refractivity contribution is 0.0961. The summed E-state index contributed by atoms with van der Waals surface area (Å²) in [6.07, 6.45) is 3.21. The molecular weight excluding hydrogens is 276 g/mol. The van der Waals surface area contributed by atoms with Crippen molar-refractivity contribution in [1.82, 2.24) is 10.6 Å². The van der Waals surface area contributed by atoms with Gasteiger partial charge in [-0.15, -0.1) is 0 Å². The van der Waals surface area contributed by atoms with Crippen LogP contribution in [0.25, 0.3) is 0 Å². The molecule has 1 aliphatic carbocycles. The van der Waals surface area contributed by atoms with Crippen LogP contribution in [0.4, 0.5) is 0 Å². The largest absolute Gasteiger partial charge is 0.380 e. The fourth-order valence-corrected chi connectivity index (χ4v) is 2.56. The number of fused-ring (bicyclic) bond motifs is 1. The van der Waals surface area contributed by atoms with Gasteiger partial charge in [-0.25, -0.2) is 0 Å². The minimum Gasteiger partial charge on any atom is -0.380 e. The zero-order valence-corrected chi connectivity index (χ0v) is 13.5. The molecule has 0 amide bonds. The van der Waals surface area contributed by atoms with Gasteiger partial charge in [0.15, 0.2) is 0 Å². The fourth-order valence-electron chi connectivity index (χ4n) is 2.56. The highest BCUT2D eigenvalue weighted by molar-refractivity contribution is 6.26. The lowest BCUT2D eigenvalue weighted by Gasteiger charge is -2.24. The van der Waals surface area contributed by atoms with Crippen LogP contribution in [0.5, 0.6) is 0 Å². The molecule has 0 spiro atoms. The Kier molecular flexibility index (Phi) is 5.36. The molecule has 0 radical (unpaired) electrons. The molecule has 0 fully saturated rings. The molecule has 2 N–H and O–H groups in total. The third-order valence-electron chi connectivity index (χ3n) is 3.64. The second-order valence-corrected chi connectivity index (χ2v) is 5.89. The number of benzene rings is 1. The standard InChI is InChI=1S/C18H24N2O2/c1-4-5-8-11-19-15-16(20-12(2)3)18(22)14-10-7-6-9-13(14)17(15)21/h6-7,9-10,12,19-20H,4-5,8,11H2,1-3H3. The summed E-state index contributed by atoms with van der Waals surface area (Å²) in [6.45, 7) is 6.75. The molecule has 0 heterocycles. The number of carbonyl (C=O) groups is 2. The minimum absolute atomic E-state index is 0.0875. The van der Waals surface area contributed by atoms with Crippen molar-refractivity contribution in [3.63, 3.8) is 0 Å². The van der Waals surface area contributed by atoms with Gasteiger partial charge < -0.3 is 10.6 Å². The summed E-state index contributed by atoms with van der Waals surface area (Å²) >= 11 is 0. The van der Waals surface area contributed by atoms with E-state index in [1.54, 1.807) is 24.3 Å². The quantitative estimate of drug-likeness (QED) is 0.760. The van der Waals surface area contributed by atoms with Crippen LogP contribution in [0, 0.1) is 0 Å². The summed E-state index contributed by atoms with van der Waals surface area (Å²) in [4.78, 5) is 25.4. The van der Waals surface area contributed by atoms with Crippen molar-refractivity contribution < 1.29 is 9.59 Å². The Morgan fingerprint density at radius 1 is 0.955 bits per heavy atom. The van der Waals surface area contributed by atoms with Crippen molar-refractivity contribution in [3.8, 4) is 0 Å². The van der Waals surface area contributed by atoms with Crippen LogP contribution in [0.2, 0.25) is 0 Å². The average Bonchev–Trinajstić information content (AvgIpc) is 2.51. The van der Waals surface area contributed by atoms with Gasteiger partial charge in [0.1, 0.15) is 11.4 Å². The van der Waals surface area contributed by atoms with Crippen LogP contribution in [-0.2, 0) is 0 Å². The van der Waals surface area contributed by atoms with Crippen molar-refractivity contribution in [3.05, 3.63) is 46.8 Å². The third kappa shape index (κ3) is 3.38. The minimum atomic E-state index is -0.109. The van der Waals surface area contributed by atoms with E-state index in [0.717, 1.165) is 19.3 Å². The third-order valence-corrected chi connectivity index (χ3v) is 3.64. The smallest absolute Gasteiger partial charge is 0.211 e. The number of hydrogen-bond donors (Lipinski definition) is 2. The lowest BCUT2D eigenvalue weighted by atomic mass is 9.90. The Labute approximate surface area is 132 Å². The van der Waals surface area contributed by atoms with Crippen LogP contribution in [-0.4, -0.2) is 24.2 Å². The Balaban J connectivity index is 2.33. The van der Waals surface area contributed by atoms with Crippen molar-refractivity contribution in [2.75, 3.05) is 6.54 Å². The molecule has 0 bridgehead atoms. The second kappa shape index (κ2) is 7.25. The molecule has 1 aliphatic rings. The molecule has 118 valence electrons. The zero-order valence-electron chi connectivity index (χ0n) is 13.5. The highest BCUT2D eigenvalue weighted by atomic mass is 16.1. The van der Waals surface area contributed by atoms with E-state index in [9.17, 15) is 9.59 Å². The number of carbonyl (C=O) groups excluding carboxylic acids is 2. The maximum atomic E-state index is 12.7. The number of hydrogen-bond acceptors (Lipinski definition) is 4. The SMILES string of the molecule is CCCCCNC1=C(NC(C)C)C(=O)c2ccccc2C1=O. The van der Waals surface area contributed by atoms with Crippen molar-refractivity contribution in [2.45, 2.75) is 46.1 Å². The molecule has 0 aromatic heterocycles. The van der Waals surface area contributed by atoms with E-state index in [1.807, 2.05) is 13.8 Å². The first-order valence-electron chi connectivity index (χ1n) is 7.99. The van der Waals surface area contributed by atoms with E-state index in [0.29, 0.717) is 29.1 Å². The van der Waals surface area contributed by atoms with E-state index in [1.165, 1.54) is 0 Å². The van der Waals surface area contributed by atoms with Crippen LogP contribution >= 0.6 is 0 Å². The van der Waals surface area contributed by atoms with E-state index in [-0.39, 0.29) is 17.6 Å².